The minimum atomic E-state index is -0.703. The maximum Gasteiger partial charge on any atom is 0.343 e. The molecule has 0 atom stereocenters. The molecule has 0 heterocycles. The van der Waals surface area contributed by atoms with Crippen molar-refractivity contribution in [1.29, 1.82) is 0 Å². The van der Waals surface area contributed by atoms with Crippen LogP contribution in [0.5, 0.6) is 11.5 Å². The molecule has 2 amide bonds. The fourth-order valence-electron chi connectivity index (χ4n) is 3.45. The summed E-state index contributed by atoms with van der Waals surface area (Å²) in [5.74, 6) is -2.25. The van der Waals surface area contributed by atoms with Crippen LogP contribution in [0.25, 0.3) is 0 Å². The van der Waals surface area contributed by atoms with Gasteiger partial charge in [0.25, 0.3) is 11.8 Å². The Morgan fingerprint density at radius 1 is 0.738 bits per heavy atom. The molecule has 0 aliphatic rings. The quantitative estimate of drug-likeness (QED) is 0.111. The van der Waals surface area contributed by atoms with Crippen molar-refractivity contribution in [1.82, 2.24) is 10.7 Å². The van der Waals surface area contributed by atoms with Crippen LogP contribution in [0.4, 0.5) is 0 Å². The summed E-state index contributed by atoms with van der Waals surface area (Å²) in [5, 5.41) is 7.32. The minimum Gasteiger partial charge on any atom is -0.423 e. The van der Waals surface area contributed by atoms with Crippen LogP contribution in [0.2, 0.25) is 10.0 Å². The molecule has 0 unspecified atom stereocenters. The molecule has 0 aliphatic carbocycles. The molecule has 42 heavy (non-hydrogen) atoms. The zero-order valence-corrected chi connectivity index (χ0v) is 23.6. The molecular formula is C31H23Cl2N3O6. The fourth-order valence-corrected chi connectivity index (χ4v) is 3.70. The molecule has 0 bridgehead atoms. The van der Waals surface area contributed by atoms with Crippen LogP contribution < -0.4 is 20.2 Å². The molecule has 11 heteroatoms. The molecule has 0 fully saturated rings. The van der Waals surface area contributed by atoms with Gasteiger partial charge in [-0.3, -0.25) is 9.59 Å². The second-order valence-electron chi connectivity index (χ2n) is 8.83. The van der Waals surface area contributed by atoms with Crippen LogP contribution in [0.1, 0.15) is 42.2 Å². The lowest BCUT2D eigenvalue weighted by Crippen LogP contribution is -2.34. The molecule has 2 N–H and O–H groups in total. The fraction of sp³-hybridized carbons (Fsp3) is 0.0645. The molecule has 9 nitrogen and oxygen atoms in total. The number of nitrogens with zero attached hydrogens (tertiary/aromatic N) is 1. The number of esters is 2. The van der Waals surface area contributed by atoms with Gasteiger partial charge in [0.2, 0.25) is 0 Å². The Morgan fingerprint density at radius 3 is 1.88 bits per heavy atom. The van der Waals surface area contributed by atoms with E-state index in [1.165, 1.54) is 60.8 Å². The smallest absolute Gasteiger partial charge is 0.343 e. The Labute approximate surface area is 251 Å². The third-order valence-electron chi connectivity index (χ3n) is 5.67. The standard InChI is InChI=1S/C31H23Cl2N3O6/c1-19-2-4-20(5-3-19)29(38)34-18-28(37)36-35-17-23-10-15-26(41-30(39)21-6-11-24(32)12-7-21)16-27(23)42-31(40)22-8-13-25(33)14-9-22/h2-17H,18H2,1H3,(H,34,38)(H,36,37)/b35-17+. The highest BCUT2D eigenvalue weighted by Gasteiger charge is 2.15. The van der Waals surface area contributed by atoms with Gasteiger partial charge in [-0.05, 0) is 79.7 Å². The second-order valence-corrected chi connectivity index (χ2v) is 9.71. The number of hydrogen-bond acceptors (Lipinski definition) is 7. The summed E-state index contributed by atoms with van der Waals surface area (Å²) in [5.41, 5.74) is 4.50. The molecular weight excluding hydrogens is 581 g/mol. The molecule has 0 aliphatic heterocycles. The predicted octanol–water partition coefficient (Wildman–Crippen LogP) is 5.62. The van der Waals surface area contributed by atoms with Crippen molar-refractivity contribution in [3.05, 3.63) is 129 Å². The number of nitrogens with one attached hydrogen (secondary N) is 2. The number of halogens is 2. The van der Waals surface area contributed by atoms with Crippen molar-refractivity contribution in [2.24, 2.45) is 5.10 Å². The highest BCUT2D eigenvalue weighted by Crippen LogP contribution is 2.26. The van der Waals surface area contributed by atoms with Crippen molar-refractivity contribution in [3.8, 4) is 11.5 Å². The van der Waals surface area contributed by atoms with E-state index in [-0.39, 0.29) is 34.7 Å². The van der Waals surface area contributed by atoms with E-state index in [9.17, 15) is 19.2 Å². The maximum absolute atomic E-state index is 12.8. The van der Waals surface area contributed by atoms with Gasteiger partial charge in [0.1, 0.15) is 11.5 Å². The van der Waals surface area contributed by atoms with Crippen LogP contribution in [0.15, 0.2) is 96.1 Å². The van der Waals surface area contributed by atoms with Gasteiger partial charge < -0.3 is 14.8 Å². The van der Waals surface area contributed by atoms with Gasteiger partial charge in [-0.25, -0.2) is 15.0 Å². The number of hydrogen-bond donors (Lipinski definition) is 2. The highest BCUT2D eigenvalue weighted by atomic mass is 35.5. The Kier molecular flexibility index (Phi) is 10.0. The number of rotatable bonds is 9. The first-order valence-corrected chi connectivity index (χ1v) is 13.2. The Morgan fingerprint density at radius 2 is 1.29 bits per heavy atom. The monoisotopic (exact) mass is 603 g/mol. The molecule has 0 saturated heterocycles. The SMILES string of the molecule is Cc1ccc(C(=O)NCC(=O)N/N=C/c2ccc(OC(=O)c3ccc(Cl)cc3)cc2OC(=O)c2ccc(Cl)cc2)cc1. The van der Waals surface area contributed by atoms with Crippen LogP contribution in [-0.4, -0.2) is 36.5 Å². The van der Waals surface area contributed by atoms with E-state index in [0.717, 1.165) is 5.56 Å². The van der Waals surface area contributed by atoms with Crippen LogP contribution in [0.3, 0.4) is 0 Å². The molecule has 0 aromatic heterocycles. The van der Waals surface area contributed by atoms with E-state index < -0.39 is 23.8 Å². The van der Waals surface area contributed by atoms with Gasteiger partial charge in [0.05, 0.1) is 23.9 Å². The van der Waals surface area contributed by atoms with Crippen LogP contribution >= 0.6 is 23.2 Å². The van der Waals surface area contributed by atoms with E-state index in [2.05, 4.69) is 15.8 Å². The lowest BCUT2D eigenvalue weighted by Gasteiger charge is -2.11. The number of hydrazone groups is 1. The molecule has 4 aromatic carbocycles. The average Bonchev–Trinajstić information content (AvgIpc) is 2.98. The normalized spacial score (nSPS) is 10.6. The first-order valence-electron chi connectivity index (χ1n) is 12.4. The molecule has 0 saturated carbocycles. The Bertz CT molecular complexity index is 1640. The summed E-state index contributed by atoms with van der Waals surface area (Å²) in [7, 11) is 0. The average molecular weight is 604 g/mol. The van der Waals surface area contributed by atoms with Gasteiger partial charge in [-0.2, -0.15) is 5.10 Å². The third-order valence-corrected chi connectivity index (χ3v) is 6.18. The lowest BCUT2D eigenvalue weighted by molar-refractivity contribution is -0.120. The summed E-state index contributed by atoms with van der Waals surface area (Å²) in [6.07, 6.45) is 1.25. The van der Waals surface area contributed by atoms with E-state index >= 15 is 0 Å². The topological polar surface area (TPSA) is 123 Å². The van der Waals surface area contributed by atoms with E-state index in [4.69, 9.17) is 32.7 Å². The van der Waals surface area contributed by atoms with Crippen molar-refractivity contribution in [3.63, 3.8) is 0 Å². The molecule has 212 valence electrons. The zero-order valence-electron chi connectivity index (χ0n) is 22.1. The summed E-state index contributed by atoms with van der Waals surface area (Å²) in [6, 6.07) is 23.4. The maximum atomic E-state index is 12.8. The number of benzene rings is 4. The van der Waals surface area contributed by atoms with E-state index in [1.807, 2.05) is 6.92 Å². The first-order chi connectivity index (χ1) is 20.2. The van der Waals surface area contributed by atoms with Crippen molar-refractivity contribution in [2.45, 2.75) is 6.92 Å². The van der Waals surface area contributed by atoms with E-state index in [0.29, 0.717) is 15.6 Å². The number of aryl methyl sites for hydroxylation is 1. The van der Waals surface area contributed by atoms with Crippen molar-refractivity contribution >= 4 is 53.2 Å². The summed E-state index contributed by atoms with van der Waals surface area (Å²) < 4.78 is 11.0. The molecule has 4 rings (SSSR count). The van der Waals surface area contributed by atoms with Crippen LogP contribution in [0, 0.1) is 6.92 Å². The minimum absolute atomic E-state index is 0.00188. The van der Waals surface area contributed by atoms with Gasteiger partial charge in [-0.15, -0.1) is 0 Å². The first kappa shape index (κ1) is 30.0. The Balaban J connectivity index is 1.46. The number of carbonyl (C=O) groups excluding carboxylic acids is 4. The van der Waals surface area contributed by atoms with E-state index in [1.54, 1.807) is 36.4 Å². The summed E-state index contributed by atoms with van der Waals surface area (Å²) in [6.45, 7) is 1.58. The lowest BCUT2D eigenvalue weighted by atomic mass is 10.1. The largest absolute Gasteiger partial charge is 0.423 e. The van der Waals surface area contributed by atoms with Crippen molar-refractivity contribution < 1.29 is 28.7 Å². The van der Waals surface area contributed by atoms with Crippen LogP contribution in [-0.2, 0) is 4.79 Å². The predicted molar refractivity (Wildman–Crippen MR) is 159 cm³/mol. The number of amides is 2. The zero-order chi connectivity index (χ0) is 30.1. The highest BCUT2D eigenvalue weighted by molar-refractivity contribution is 6.31. The molecule has 4 aromatic rings. The Hall–Kier alpha value is -4.99. The molecule has 0 radical (unpaired) electrons. The number of ether oxygens (including phenoxy) is 2. The third kappa shape index (κ3) is 8.50. The van der Waals surface area contributed by atoms with Gasteiger partial charge in [0.15, 0.2) is 0 Å². The molecule has 0 spiro atoms. The number of carbonyl (C=O) groups is 4. The van der Waals surface area contributed by atoms with Gasteiger partial charge >= 0.3 is 11.9 Å². The second kappa shape index (κ2) is 14.1. The van der Waals surface area contributed by atoms with Gasteiger partial charge in [0, 0.05) is 27.2 Å². The van der Waals surface area contributed by atoms with Gasteiger partial charge in [-0.1, -0.05) is 40.9 Å². The van der Waals surface area contributed by atoms with Crippen molar-refractivity contribution in [2.75, 3.05) is 6.54 Å². The summed E-state index contributed by atoms with van der Waals surface area (Å²) >= 11 is 11.8. The summed E-state index contributed by atoms with van der Waals surface area (Å²) in [4.78, 5) is 49.8.